The Bertz CT molecular complexity index is 596. The van der Waals surface area contributed by atoms with Crippen LogP contribution in [0.3, 0.4) is 0 Å². The molecular formula is C15H18N2O2S. The van der Waals surface area contributed by atoms with E-state index in [-0.39, 0.29) is 5.56 Å². The first-order valence-corrected chi connectivity index (χ1v) is 7.33. The monoisotopic (exact) mass is 290 g/mol. The van der Waals surface area contributed by atoms with Gasteiger partial charge in [0.15, 0.2) is 0 Å². The second-order valence-corrected chi connectivity index (χ2v) is 5.88. The number of anilines is 1. The average Bonchev–Trinajstić information content (AvgIpc) is 2.90. The van der Waals surface area contributed by atoms with Crippen LogP contribution in [-0.4, -0.2) is 29.1 Å². The number of likely N-dealkylation sites (N-methyl/N-ethyl adjacent to an activating group) is 1. The van der Waals surface area contributed by atoms with Gasteiger partial charge in [0.05, 0.1) is 11.3 Å². The van der Waals surface area contributed by atoms with Crippen LogP contribution in [0, 0.1) is 6.92 Å². The van der Waals surface area contributed by atoms with Gasteiger partial charge >= 0.3 is 5.97 Å². The molecule has 0 amide bonds. The summed E-state index contributed by atoms with van der Waals surface area (Å²) in [5.41, 5.74) is 0.804. The molecule has 4 nitrogen and oxygen atoms in total. The number of aromatic carboxylic acids is 1. The number of hydrogen-bond donors (Lipinski definition) is 1. The molecular weight excluding hydrogens is 272 g/mol. The van der Waals surface area contributed by atoms with Crippen molar-refractivity contribution in [3.05, 3.63) is 45.8 Å². The smallest absolute Gasteiger partial charge is 0.337 e. The fourth-order valence-electron chi connectivity index (χ4n) is 2.05. The lowest BCUT2D eigenvalue weighted by Gasteiger charge is -2.26. The first kappa shape index (κ1) is 14.5. The summed E-state index contributed by atoms with van der Waals surface area (Å²) in [4.78, 5) is 18.8. The lowest BCUT2D eigenvalue weighted by molar-refractivity contribution is 0.0695. The van der Waals surface area contributed by atoms with E-state index in [2.05, 4.69) is 34.3 Å². The number of nitrogens with zero attached hydrogens (tertiary/aromatic N) is 2. The molecule has 1 atom stereocenters. The maximum Gasteiger partial charge on any atom is 0.337 e. The molecule has 5 heteroatoms. The molecule has 0 fully saturated rings. The molecule has 2 aromatic heterocycles. The number of pyridine rings is 1. The minimum absolute atomic E-state index is 0.257. The first-order chi connectivity index (χ1) is 9.49. The Morgan fingerprint density at radius 1 is 1.45 bits per heavy atom. The Balaban J connectivity index is 2.14. The SMILES string of the molecule is Cc1nc(N(C)C(C)Cc2cccs2)ccc1C(=O)O. The highest BCUT2D eigenvalue weighted by Crippen LogP contribution is 2.19. The van der Waals surface area contributed by atoms with Crippen molar-refractivity contribution in [2.75, 3.05) is 11.9 Å². The zero-order valence-corrected chi connectivity index (χ0v) is 12.6. The van der Waals surface area contributed by atoms with Gasteiger partial charge in [-0.1, -0.05) is 6.07 Å². The lowest BCUT2D eigenvalue weighted by atomic mass is 10.1. The fraction of sp³-hybridized carbons (Fsp3) is 0.333. The maximum absolute atomic E-state index is 11.0. The third-order valence-corrected chi connectivity index (χ3v) is 4.30. The molecule has 1 N–H and O–H groups in total. The molecule has 0 aliphatic carbocycles. The number of rotatable bonds is 5. The Hall–Kier alpha value is -1.88. The normalized spacial score (nSPS) is 12.2. The summed E-state index contributed by atoms with van der Waals surface area (Å²) in [5.74, 6) is -0.132. The van der Waals surface area contributed by atoms with Crippen molar-refractivity contribution < 1.29 is 9.90 Å². The van der Waals surface area contributed by atoms with E-state index in [1.807, 2.05) is 7.05 Å². The van der Waals surface area contributed by atoms with E-state index in [4.69, 9.17) is 5.11 Å². The van der Waals surface area contributed by atoms with Gasteiger partial charge < -0.3 is 10.0 Å². The predicted octanol–water partition coefficient (Wildman–Crippen LogP) is 3.22. The second-order valence-electron chi connectivity index (χ2n) is 4.85. The molecule has 2 rings (SSSR count). The molecule has 0 spiro atoms. The summed E-state index contributed by atoms with van der Waals surface area (Å²) < 4.78 is 0. The van der Waals surface area contributed by atoms with Crippen LogP contribution >= 0.6 is 11.3 Å². The van der Waals surface area contributed by atoms with Gasteiger partial charge in [-0.15, -0.1) is 11.3 Å². The molecule has 0 aromatic carbocycles. The van der Waals surface area contributed by atoms with Crippen molar-refractivity contribution in [2.24, 2.45) is 0 Å². The summed E-state index contributed by atoms with van der Waals surface area (Å²) in [6, 6.07) is 7.87. The van der Waals surface area contributed by atoms with E-state index < -0.39 is 5.97 Å². The Kier molecular flexibility index (Phi) is 4.39. The zero-order valence-electron chi connectivity index (χ0n) is 11.8. The van der Waals surface area contributed by atoms with Gasteiger partial charge in [0.25, 0.3) is 0 Å². The van der Waals surface area contributed by atoms with Gasteiger partial charge in [-0.3, -0.25) is 0 Å². The van der Waals surface area contributed by atoms with Gasteiger partial charge in [-0.05, 0) is 37.4 Å². The van der Waals surface area contributed by atoms with Crippen LogP contribution in [0.5, 0.6) is 0 Å². The van der Waals surface area contributed by atoms with Crippen molar-refractivity contribution in [1.29, 1.82) is 0 Å². The van der Waals surface area contributed by atoms with Crippen molar-refractivity contribution in [3.63, 3.8) is 0 Å². The van der Waals surface area contributed by atoms with Crippen molar-refractivity contribution >= 4 is 23.1 Å². The third-order valence-electron chi connectivity index (χ3n) is 3.40. The van der Waals surface area contributed by atoms with E-state index in [0.717, 1.165) is 12.2 Å². The van der Waals surface area contributed by atoms with Crippen LogP contribution in [0.25, 0.3) is 0 Å². The number of thiophene rings is 1. The number of aromatic nitrogens is 1. The summed E-state index contributed by atoms with van der Waals surface area (Å²) >= 11 is 1.75. The number of carboxylic acids is 1. The predicted molar refractivity (Wildman–Crippen MR) is 81.8 cm³/mol. The Morgan fingerprint density at radius 3 is 2.75 bits per heavy atom. The summed E-state index contributed by atoms with van der Waals surface area (Å²) in [5, 5.41) is 11.1. The minimum Gasteiger partial charge on any atom is -0.478 e. The van der Waals surface area contributed by atoms with Crippen molar-refractivity contribution in [1.82, 2.24) is 4.98 Å². The van der Waals surface area contributed by atoms with Gasteiger partial charge in [0.1, 0.15) is 5.82 Å². The van der Waals surface area contributed by atoms with E-state index in [1.54, 1.807) is 30.4 Å². The largest absolute Gasteiger partial charge is 0.478 e. The van der Waals surface area contributed by atoms with E-state index >= 15 is 0 Å². The fourth-order valence-corrected chi connectivity index (χ4v) is 2.88. The van der Waals surface area contributed by atoms with Crippen LogP contribution in [0.4, 0.5) is 5.82 Å². The zero-order chi connectivity index (χ0) is 14.7. The van der Waals surface area contributed by atoms with Gasteiger partial charge in [0, 0.05) is 24.4 Å². The standard InChI is InChI=1S/C15H18N2O2S/c1-10(9-12-5-4-8-20-12)17(3)14-7-6-13(15(18)19)11(2)16-14/h4-8,10H,9H2,1-3H3,(H,18,19). The highest BCUT2D eigenvalue weighted by Gasteiger charge is 2.15. The molecule has 0 saturated carbocycles. The Morgan fingerprint density at radius 2 is 2.20 bits per heavy atom. The van der Waals surface area contributed by atoms with Crippen LogP contribution in [-0.2, 0) is 6.42 Å². The topological polar surface area (TPSA) is 53.4 Å². The summed E-state index contributed by atoms with van der Waals surface area (Å²) in [6.45, 7) is 3.87. The molecule has 0 aliphatic heterocycles. The third kappa shape index (κ3) is 3.17. The molecule has 2 aromatic rings. The van der Waals surface area contributed by atoms with Crippen LogP contribution in [0.1, 0.15) is 27.9 Å². The van der Waals surface area contributed by atoms with Crippen molar-refractivity contribution in [3.8, 4) is 0 Å². The lowest BCUT2D eigenvalue weighted by Crippen LogP contribution is -2.31. The number of carboxylic acid groups (broad SMARTS) is 1. The molecule has 0 aliphatic rings. The number of hydrogen-bond acceptors (Lipinski definition) is 4. The van der Waals surface area contributed by atoms with Gasteiger partial charge in [-0.2, -0.15) is 0 Å². The summed E-state index contributed by atoms with van der Waals surface area (Å²) in [6.07, 6.45) is 0.954. The van der Waals surface area contributed by atoms with Crippen LogP contribution in [0.15, 0.2) is 29.6 Å². The molecule has 106 valence electrons. The van der Waals surface area contributed by atoms with E-state index in [9.17, 15) is 4.79 Å². The van der Waals surface area contributed by atoms with Crippen LogP contribution < -0.4 is 4.90 Å². The summed E-state index contributed by atoms with van der Waals surface area (Å²) in [7, 11) is 1.99. The molecule has 20 heavy (non-hydrogen) atoms. The highest BCUT2D eigenvalue weighted by atomic mass is 32.1. The molecule has 0 radical (unpaired) electrons. The first-order valence-electron chi connectivity index (χ1n) is 6.45. The number of aryl methyl sites for hydroxylation is 1. The quantitative estimate of drug-likeness (QED) is 0.918. The van der Waals surface area contributed by atoms with Gasteiger partial charge in [0.2, 0.25) is 0 Å². The molecule has 1 unspecified atom stereocenters. The molecule has 0 bridgehead atoms. The highest BCUT2D eigenvalue weighted by molar-refractivity contribution is 7.09. The second kappa shape index (κ2) is 6.05. The molecule has 2 heterocycles. The van der Waals surface area contributed by atoms with E-state index in [0.29, 0.717) is 11.7 Å². The van der Waals surface area contributed by atoms with Crippen molar-refractivity contribution in [2.45, 2.75) is 26.3 Å². The van der Waals surface area contributed by atoms with Gasteiger partial charge in [-0.25, -0.2) is 9.78 Å². The minimum atomic E-state index is -0.934. The Labute approximate surface area is 122 Å². The van der Waals surface area contributed by atoms with Crippen LogP contribution in [0.2, 0.25) is 0 Å². The van der Waals surface area contributed by atoms with E-state index in [1.165, 1.54) is 4.88 Å². The average molecular weight is 290 g/mol. The molecule has 0 saturated heterocycles. The number of carbonyl (C=O) groups is 1. The maximum atomic E-state index is 11.0.